The molecule has 0 radical (unpaired) electrons. The molecule has 21 heavy (non-hydrogen) atoms. The highest BCUT2D eigenvalue weighted by molar-refractivity contribution is 7.99. The van der Waals surface area contributed by atoms with Crippen LogP contribution in [0.2, 0.25) is 0 Å². The molecule has 2 atom stereocenters. The molecular weight excluding hydrogens is 274 g/mol. The second kappa shape index (κ2) is 11.1. The number of hydrogen-bond donors (Lipinski definition) is 1. The average Bonchev–Trinajstić information content (AvgIpc) is 2.51. The summed E-state index contributed by atoms with van der Waals surface area (Å²) in [6.07, 6.45) is 4.89. The Morgan fingerprint density at radius 1 is 1.00 bits per heavy atom. The maximum atomic E-state index is 3.71. The minimum atomic E-state index is 0.495. The molecule has 1 rings (SSSR count). The van der Waals surface area contributed by atoms with Gasteiger partial charge in [0.25, 0.3) is 0 Å². The van der Waals surface area contributed by atoms with Crippen LogP contribution in [0, 0.1) is 5.92 Å². The summed E-state index contributed by atoms with van der Waals surface area (Å²) in [5.74, 6) is 3.28. The fourth-order valence-corrected chi connectivity index (χ4v) is 3.62. The van der Waals surface area contributed by atoms with E-state index >= 15 is 0 Å². The molecule has 2 heteroatoms. The zero-order valence-electron chi connectivity index (χ0n) is 14.3. The SMILES string of the molecule is CCCNC(CSCC(C)CC)c1ccc(CCC)cc1. The van der Waals surface area contributed by atoms with Gasteiger partial charge in [-0.05, 0) is 42.2 Å². The van der Waals surface area contributed by atoms with Crippen LogP contribution in [-0.2, 0) is 6.42 Å². The van der Waals surface area contributed by atoms with Gasteiger partial charge >= 0.3 is 0 Å². The van der Waals surface area contributed by atoms with Crippen LogP contribution in [-0.4, -0.2) is 18.1 Å². The lowest BCUT2D eigenvalue weighted by Crippen LogP contribution is -2.24. The van der Waals surface area contributed by atoms with Crippen molar-refractivity contribution in [3.63, 3.8) is 0 Å². The molecule has 0 aromatic heterocycles. The molecule has 0 aliphatic rings. The molecule has 0 saturated carbocycles. The quantitative estimate of drug-likeness (QED) is 0.582. The van der Waals surface area contributed by atoms with Crippen molar-refractivity contribution in [2.45, 2.75) is 59.4 Å². The molecular formula is C19H33NS. The third-order valence-electron chi connectivity index (χ3n) is 3.95. The van der Waals surface area contributed by atoms with E-state index in [1.807, 2.05) is 0 Å². The normalized spacial score (nSPS) is 14.1. The third-order valence-corrected chi connectivity index (χ3v) is 5.32. The highest BCUT2D eigenvalue weighted by Gasteiger charge is 2.11. The molecule has 1 aromatic carbocycles. The first-order chi connectivity index (χ1) is 10.2. The van der Waals surface area contributed by atoms with E-state index in [1.54, 1.807) is 0 Å². The van der Waals surface area contributed by atoms with E-state index in [-0.39, 0.29) is 0 Å². The van der Waals surface area contributed by atoms with Gasteiger partial charge in [-0.1, -0.05) is 64.8 Å². The van der Waals surface area contributed by atoms with Gasteiger partial charge in [-0.3, -0.25) is 0 Å². The van der Waals surface area contributed by atoms with Crippen LogP contribution >= 0.6 is 11.8 Å². The summed E-state index contributed by atoms with van der Waals surface area (Å²) in [4.78, 5) is 0. The summed E-state index contributed by atoms with van der Waals surface area (Å²) < 4.78 is 0. The summed E-state index contributed by atoms with van der Waals surface area (Å²) in [6, 6.07) is 9.75. The van der Waals surface area contributed by atoms with Crippen LogP contribution in [0.4, 0.5) is 0 Å². The second-order valence-electron chi connectivity index (χ2n) is 6.05. The van der Waals surface area contributed by atoms with E-state index in [2.05, 4.69) is 69.0 Å². The summed E-state index contributed by atoms with van der Waals surface area (Å²) in [6.45, 7) is 10.2. The fraction of sp³-hybridized carbons (Fsp3) is 0.684. The number of benzene rings is 1. The first-order valence-electron chi connectivity index (χ1n) is 8.61. The molecule has 0 amide bonds. The Morgan fingerprint density at radius 3 is 2.29 bits per heavy atom. The Labute approximate surface area is 136 Å². The van der Waals surface area contributed by atoms with Gasteiger partial charge < -0.3 is 5.32 Å². The molecule has 1 nitrogen and oxygen atoms in total. The second-order valence-corrected chi connectivity index (χ2v) is 7.12. The molecule has 120 valence electrons. The van der Waals surface area contributed by atoms with Crippen LogP contribution in [0.25, 0.3) is 0 Å². The van der Waals surface area contributed by atoms with Gasteiger partial charge in [0.05, 0.1) is 0 Å². The summed E-state index contributed by atoms with van der Waals surface area (Å²) in [5, 5.41) is 3.71. The van der Waals surface area contributed by atoms with E-state index < -0.39 is 0 Å². The topological polar surface area (TPSA) is 12.0 Å². The van der Waals surface area contributed by atoms with Crippen molar-refractivity contribution in [2.75, 3.05) is 18.1 Å². The molecule has 0 heterocycles. The Hall–Kier alpha value is -0.470. The molecule has 1 N–H and O–H groups in total. The molecule has 0 saturated heterocycles. The van der Waals surface area contributed by atoms with Gasteiger partial charge in [0.1, 0.15) is 0 Å². The Bertz CT molecular complexity index is 360. The van der Waals surface area contributed by atoms with E-state index in [4.69, 9.17) is 0 Å². The maximum absolute atomic E-state index is 3.71. The first-order valence-corrected chi connectivity index (χ1v) is 9.76. The van der Waals surface area contributed by atoms with Gasteiger partial charge in [0.2, 0.25) is 0 Å². The van der Waals surface area contributed by atoms with Gasteiger partial charge in [-0.25, -0.2) is 0 Å². The standard InChI is InChI=1S/C19H33NS/c1-5-8-17-9-11-18(12-10-17)19(20-13-6-2)15-21-14-16(4)7-3/h9-12,16,19-20H,5-8,13-15H2,1-4H3. The predicted molar refractivity (Wildman–Crippen MR) is 98.3 cm³/mol. The van der Waals surface area contributed by atoms with Crippen molar-refractivity contribution >= 4 is 11.8 Å². The van der Waals surface area contributed by atoms with Crippen molar-refractivity contribution < 1.29 is 0 Å². The lowest BCUT2D eigenvalue weighted by molar-refractivity contribution is 0.575. The van der Waals surface area contributed by atoms with E-state index in [0.717, 1.165) is 12.5 Å². The van der Waals surface area contributed by atoms with Crippen LogP contribution in [0.1, 0.15) is 64.1 Å². The number of thioether (sulfide) groups is 1. The maximum Gasteiger partial charge on any atom is 0.0411 e. The summed E-state index contributed by atoms with van der Waals surface area (Å²) in [5.41, 5.74) is 2.91. The Balaban J connectivity index is 2.58. The van der Waals surface area contributed by atoms with Gasteiger partial charge in [-0.2, -0.15) is 11.8 Å². The van der Waals surface area contributed by atoms with E-state index in [1.165, 1.54) is 48.3 Å². The lowest BCUT2D eigenvalue weighted by atomic mass is 10.0. The predicted octanol–water partition coefficient (Wildman–Crippen LogP) is 5.46. The monoisotopic (exact) mass is 307 g/mol. The number of hydrogen-bond acceptors (Lipinski definition) is 2. The fourth-order valence-electron chi connectivity index (χ4n) is 2.30. The summed E-state index contributed by atoms with van der Waals surface area (Å²) >= 11 is 2.09. The van der Waals surface area contributed by atoms with Crippen LogP contribution in [0.3, 0.4) is 0 Å². The molecule has 1 aromatic rings. The minimum Gasteiger partial charge on any atom is -0.309 e. The van der Waals surface area contributed by atoms with Crippen molar-refractivity contribution in [3.8, 4) is 0 Å². The smallest absolute Gasteiger partial charge is 0.0411 e. The molecule has 2 unspecified atom stereocenters. The molecule has 0 fully saturated rings. The molecule has 0 bridgehead atoms. The van der Waals surface area contributed by atoms with Crippen LogP contribution in [0.5, 0.6) is 0 Å². The number of rotatable bonds is 11. The molecule has 0 aliphatic carbocycles. The molecule has 0 spiro atoms. The van der Waals surface area contributed by atoms with Crippen LogP contribution in [0.15, 0.2) is 24.3 Å². The average molecular weight is 308 g/mol. The van der Waals surface area contributed by atoms with Crippen molar-refractivity contribution in [1.29, 1.82) is 0 Å². The van der Waals surface area contributed by atoms with Gasteiger partial charge in [0, 0.05) is 11.8 Å². The number of aryl methyl sites for hydroxylation is 1. The minimum absolute atomic E-state index is 0.495. The van der Waals surface area contributed by atoms with E-state index in [9.17, 15) is 0 Å². The van der Waals surface area contributed by atoms with E-state index in [0.29, 0.717) is 6.04 Å². The van der Waals surface area contributed by atoms with Crippen LogP contribution < -0.4 is 5.32 Å². The Morgan fingerprint density at radius 2 is 1.71 bits per heavy atom. The number of nitrogens with one attached hydrogen (secondary N) is 1. The summed E-state index contributed by atoms with van der Waals surface area (Å²) in [7, 11) is 0. The first kappa shape index (κ1) is 18.6. The lowest BCUT2D eigenvalue weighted by Gasteiger charge is -2.20. The molecule has 0 aliphatic heterocycles. The Kier molecular flexibility index (Phi) is 9.86. The highest BCUT2D eigenvalue weighted by atomic mass is 32.2. The van der Waals surface area contributed by atoms with Crippen molar-refractivity contribution in [1.82, 2.24) is 5.32 Å². The zero-order valence-corrected chi connectivity index (χ0v) is 15.1. The third kappa shape index (κ3) is 7.37. The van der Waals surface area contributed by atoms with Crippen molar-refractivity contribution in [3.05, 3.63) is 35.4 Å². The largest absolute Gasteiger partial charge is 0.309 e. The van der Waals surface area contributed by atoms with Gasteiger partial charge in [0.15, 0.2) is 0 Å². The van der Waals surface area contributed by atoms with Crippen molar-refractivity contribution in [2.24, 2.45) is 5.92 Å². The van der Waals surface area contributed by atoms with Gasteiger partial charge in [-0.15, -0.1) is 0 Å². The zero-order chi connectivity index (χ0) is 15.5. The highest BCUT2D eigenvalue weighted by Crippen LogP contribution is 2.22.